The Hall–Kier alpha value is -3.43. The third-order valence-corrected chi connectivity index (χ3v) is 6.51. The summed E-state index contributed by atoms with van der Waals surface area (Å²) in [6.07, 6.45) is 12.3. The van der Waals surface area contributed by atoms with Crippen LogP contribution in [0.15, 0.2) is 63.8 Å². The Labute approximate surface area is 217 Å². The molecule has 0 saturated carbocycles. The van der Waals surface area contributed by atoms with Crippen LogP contribution in [0, 0.1) is 0 Å². The van der Waals surface area contributed by atoms with Crippen molar-refractivity contribution >= 4 is 35.8 Å². The van der Waals surface area contributed by atoms with E-state index >= 15 is 0 Å². The van der Waals surface area contributed by atoms with Gasteiger partial charge < -0.3 is 20.8 Å². The van der Waals surface area contributed by atoms with Crippen LogP contribution in [0.2, 0.25) is 0 Å². The molecule has 2 aromatic rings. The molecule has 1 amide bonds. The highest BCUT2D eigenvalue weighted by Crippen LogP contribution is 2.34. The average molecular weight is 507 g/mol. The molecule has 0 aliphatic carbocycles. The van der Waals surface area contributed by atoms with Gasteiger partial charge in [0.25, 0.3) is 0 Å². The highest BCUT2D eigenvalue weighted by Gasteiger charge is 2.21. The van der Waals surface area contributed by atoms with E-state index in [1.54, 1.807) is 18.0 Å². The van der Waals surface area contributed by atoms with Crippen molar-refractivity contribution in [1.29, 1.82) is 0 Å². The van der Waals surface area contributed by atoms with E-state index < -0.39 is 0 Å². The fraction of sp³-hybridized carbons (Fsp3) is 0.333. The van der Waals surface area contributed by atoms with Crippen LogP contribution < -0.4 is 16.1 Å². The third-order valence-electron chi connectivity index (χ3n) is 5.71. The van der Waals surface area contributed by atoms with Crippen molar-refractivity contribution < 1.29 is 9.53 Å². The molecule has 2 heterocycles. The summed E-state index contributed by atoms with van der Waals surface area (Å²) in [5, 5.41) is 6.61. The first kappa shape index (κ1) is 27.2. The molecule has 9 heteroatoms. The molecule has 0 radical (unpaired) electrons. The third kappa shape index (κ3) is 7.05. The highest BCUT2D eigenvalue weighted by atomic mass is 32.2. The summed E-state index contributed by atoms with van der Waals surface area (Å²) >= 11 is 1.63. The number of allylic oxidation sites excluding steroid dienone is 4. The summed E-state index contributed by atoms with van der Waals surface area (Å²) in [6, 6.07) is 7.81. The van der Waals surface area contributed by atoms with Crippen LogP contribution in [0.3, 0.4) is 0 Å². The number of aromatic nitrogens is 2. The largest absolute Gasteiger partial charge is 0.378 e. The number of carbonyl (C=O) groups excluding carboxylic acids is 1. The number of nitrogens with zero attached hydrogens (tertiary/aromatic N) is 4. The lowest BCUT2D eigenvalue weighted by Crippen LogP contribution is -2.37. The average Bonchev–Trinajstić information content (AvgIpc) is 2.90. The fourth-order valence-corrected chi connectivity index (χ4v) is 4.56. The van der Waals surface area contributed by atoms with Gasteiger partial charge in [-0.05, 0) is 31.8 Å². The van der Waals surface area contributed by atoms with E-state index in [1.807, 2.05) is 68.7 Å². The second kappa shape index (κ2) is 13.6. The maximum Gasteiger partial charge on any atom is 0.220 e. The zero-order valence-electron chi connectivity index (χ0n) is 21.3. The molecule has 1 aromatic carbocycles. The zero-order valence-corrected chi connectivity index (χ0v) is 22.1. The molecule has 0 unspecified atom stereocenters. The van der Waals surface area contributed by atoms with E-state index in [1.165, 1.54) is 6.92 Å². The number of nitrogens with two attached hydrogens (primary N) is 1. The van der Waals surface area contributed by atoms with E-state index in [4.69, 9.17) is 20.5 Å². The van der Waals surface area contributed by atoms with Crippen LogP contribution in [0.5, 0.6) is 0 Å². The molecule has 1 aliphatic rings. The van der Waals surface area contributed by atoms with Gasteiger partial charge in [-0.3, -0.25) is 4.79 Å². The van der Waals surface area contributed by atoms with E-state index in [0.717, 1.165) is 51.9 Å². The SMILES string of the molecule is C/C=C(/C=C/c1nc(-c2ccccc2/C=N\N)nc(N2CCOCC2)c1SC)C/C(=C\C)NC(C)=O. The predicted molar refractivity (Wildman–Crippen MR) is 149 cm³/mol. The topological polar surface area (TPSA) is 106 Å². The molecule has 1 aliphatic heterocycles. The van der Waals surface area contributed by atoms with Gasteiger partial charge in [0.2, 0.25) is 5.91 Å². The number of benzene rings is 1. The smallest absolute Gasteiger partial charge is 0.220 e. The molecule has 190 valence electrons. The number of hydrogen-bond donors (Lipinski definition) is 2. The first-order valence-corrected chi connectivity index (χ1v) is 13.1. The van der Waals surface area contributed by atoms with Crippen LogP contribution >= 0.6 is 11.8 Å². The number of rotatable bonds is 9. The normalized spacial score (nSPS) is 15.2. The summed E-state index contributed by atoms with van der Waals surface area (Å²) in [5.74, 6) is 6.88. The zero-order chi connectivity index (χ0) is 25.9. The van der Waals surface area contributed by atoms with Crippen molar-refractivity contribution in [1.82, 2.24) is 15.3 Å². The fourth-order valence-electron chi connectivity index (χ4n) is 3.88. The standard InChI is InChI=1S/C27H34N6O2S/c1-5-20(17-22(6-2)30-19(3)34)11-12-24-25(36-4)27(33-13-15-35-16-14-33)32-26(31-24)23-10-8-7-9-21(23)18-29-28/h5-12,18H,13-17,28H2,1-4H3,(H,30,34)/b12-11+,20-5-,22-6+,29-18-. The van der Waals surface area contributed by atoms with Crippen LogP contribution in [0.25, 0.3) is 17.5 Å². The first-order valence-electron chi connectivity index (χ1n) is 11.9. The second-order valence-corrected chi connectivity index (χ2v) is 8.94. The molecule has 0 atom stereocenters. The molecular formula is C27H34N6O2S. The van der Waals surface area contributed by atoms with Crippen molar-refractivity contribution in [2.45, 2.75) is 32.1 Å². The summed E-state index contributed by atoms with van der Waals surface area (Å²) in [4.78, 5) is 24.8. The van der Waals surface area contributed by atoms with E-state index in [-0.39, 0.29) is 5.91 Å². The number of hydrogen-bond acceptors (Lipinski definition) is 8. The van der Waals surface area contributed by atoms with Crippen molar-refractivity contribution in [2.24, 2.45) is 10.9 Å². The number of hydrazone groups is 1. The lowest BCUT2D eigenvalue weighted by atomic mass is 10.1. The van der Waals surface area contributed by atoms with Gasteiger partial charge in [0, 0.05) is 43.3 Å². The number of morpholine rings is 1. The molecule has 8 nitrogen and oxygen atoms in total. The Morgan fingerprint density at radius 1 is 1.22 bits per heavy atom. The van der Waals surface area contributed by atoms with Gasteiger partial charge >= 0.3 is 0 Å². The minimum Gasteiger partial charge on any atom is -0.378 e. The van der Waals surface area contributed by atoms with Crippen molar-refractivity contribution in [3.8, 4) is 11.4 Å². The maximum absolute atomic E-state index is 11.5. The maximum atomic E-state index is 11.5. The Morgan fingerprint density at radius 2 is 1.97 bits per heavy atom. The van der Waals surface area contributed by atoms with Crippen molar-refractivity contribution in [3.05, 3.63) is 65.0 Å². The summed E-state index contributed by atoms with van der Waals surface area (Å²) in [7, 11) is 0. The summed E-state index contributed by atoms with van der Waals surface area (Å²) < 4.78 is 5.58. The minimum atomic E-state index is -0.0810. The minimum absolute atomic E-state index is 0.0810. The van der Waals surface area contributed by atoms with Crippen molar-refractivity contribution in [3.63, 3.8) is 0 Å². The van der Waals surface area contributed by atoms with Crippen LogP contribution in [0.4, 0.5) is 5.82 Å². The van der Waals surface area contributed by atoms with Gasteiger partial charge in [-0.2, -0.15) is 5.10 Å². The number of anilines is 1. The summed E-state index contributed by atoms with van der Waals surface area (Å²) in [6.45, 7) is 8.27. The molecule has 1 fully saturated rings. The monoisotopic (exact) mass is 506 g/mol. The lowest BCUT2D eigenvalue weighted by molar-refractivity contribution is -0.118. The van der Waals surface area contributed by atoms with Crippen LogP contribution in [0.1, 0.15) is 38.4 Å². The lowest BCUT2D eigenvalue weighted by Gasteiger charge is -2.30. The molecule has 1 aromatic heterocycles. The molecule has 0 spiro atoms. The Bertz CT molecular complexity index is 1180. The van der Waals surface area contributed by atoms with E-state index in [9.17, 15) is 4.79 Å². The van der Waals surface area contributed by atoms with E-state index in [2.05, 4.69) is 15.3 Å². The Kier molecular flexibility index (Phi) is 10.3. The first-order chi connectivity index (χ1) is 17.5. The number of ether oxygens (including phenoxy) is 1. The number of nitrogens with one attached hydrogen (secondary N) is 1. The molecule has 36 heavy (non-hydrogen) atoms. The Morgan fingerprint density at radius 3 is 2.61 bits per heavy atom. The quantitative estimate of drug-likeness (QED) is 0.171. The van der Waals surface area contributed by atoms with Gasteiger partial charge in [0.05, 0.1) is 30.0 Å². The summed E-state index contributed by atoms with van der Waals surface area (Å²) in [5.41, 5.74) is 4.46. The molecule has 1 saturated heterocycles. The Balaban J connectivity index is 2.09. The van der Waals surface area contributed by atoms with Gasteiger partial charge in [0.15, 0.2) is 5.82 Å². The van der Waals surface area contributed by atoms with Gasteiger partial charge in [0.1, 0.15) is 5.82 Å². The van der Waals surface area contributed by atoms with E-state index in [0.29, 0.717) is 25.5 Å². The van der Waals surface area contributed by atoms with Gasteiger partial charge in [-0.15, -0.1) is 11.8 Å². The number of carbonyl (C=O) groups is 1. The van der Waals surface area contributed by atoms with Crippen LogP contribution in [-0.2, 0) is 9.53 Å². The molecule has 3 N–H and O–H groups in total. The van der Waals surface area contributed by atoms with Gasteiger partial charge in [-0.1, -0.05) is 42.5 Å². The van der Waals surface area contributed by atoms with Crippen molar-refractivity contribution in [2.75, 3.05) is 37.5 Å². The predicted octanol–water partition coefficient (Wildman–Crippen LogP) is 4.38. The number of thioether (sulfide) groups is 1. The number of amides is 1. The second-order valence-electron chi connectivity index (χ2n) is 8.12. The highest BCUT2D eigenvalue weighted by molar-refractivity contribution is 7.98. The molecule has 0 bridgehead atoms. The van der Waals surface area contributed by atoms with Gasteiger partial charge in [-0.25, -0.2) is 9.97 Å². The van der Waals surface area contributed by atoms with Crippen LogP contribution in [-0.4, -0.2) is 54.6 Å². The molecule has 3 rings (SSSR count). The molecular weight excluding hydrogens is 472 g/mol.